The van der Waals surface area contributed by atoms with Gasteiger partial charge in [-0.05, 0) is 12.1 Å². The zero-order valence-electron chi connectivity index (χ0n) is 10.6. The van der Waals surface area contributed by atoms with Crippen LogP contribution in [0.3, 0.4) is 0 Å². The Bertz CT molecular complexity index is 453. The number of amides is 1. The second kappa shape index (κ2) is 6.29. The van der Waals surface area contributed by atoms with E-state index in [1.165, 1.54) is 0 Å². The van der Waals surface area contributed by atoms with Crippen molar-refractivity contribution in [2.24, 2.45) is 0 Å². The standard InChI is InChI=1S/C13H17NO6/c15-6-8-10(16)11(17)9(13(19)20-8)14-12(18)7-4-2-1-3-5-7/h1-5,8-11,13,15-17,19H,6H2,(H,14,18)/t8-,9+,10+,11-,13-/m0/s1. The van der Waals surface area contributed by atoms with Gasteiger partial charge in [-0.2, -0.15) is 0 Å². The summed E-state index contributed by atoms with van der Waals surface area (Å²) < 4.78 is 4.95. The average Bonchev–Trinajstić information content (AvgIpc) is 2.48. The van der Waals surface area contributed by atoms with Gasteiger partial charge in [0.25, 0.3) is 5.91 Å². The van der Waals surface area contributed by atoms with Crippen molar-refractivity contribution in [3.8, 4) is 0 Å². The van der Waals surface area contributed by atoms with Crippen LogP contribution in [-0.4, -0.2) is 63.6 Å². The summed E-state index contributed by atoms with van der Waals surface area (Å²) in [6.07, 6.45) is -5.45. The molecule has 1 aliphatic rings. The maximum atomic E-state index is 11.9. The van der Waals surface area contributed by atoms with Gasteiger partial charge in [0.2, 0.25) is 0 Å². The van der Waals surface area contributed by atoms with E-state index in [1.54, 1.807) is 30.3 Å². The van der Waals surface area contributed by atoms with Gasteiger partial charge in [0, 0.05) is 5.56 Å². The molecule has 0 bridgehead atoms. The lowest BCUT2D eigenvalue weighted by Crippen LogP contribution is -2.64. The Labute approximate surface area is 115 Å². The van der Waals surface area contributed by atoms with E-state index in [4.69, 9.17) is 9.84 Å². The number of carbonyl (C=O) groups excluding carboxylic acids is 1. The van der Waals surface area contributed by atoms with Gasteiger partial charge in [0.15, 0.2) is 6.29 Å². The van der Waals surface area contributed by atoms with Crippen molar-refractivity contribution in [2.45, 2.75) is 30.6 Å². The molecule has 0 spiro atoms. The van der Waals surface area contributed by atoms with Crippen molar-refractivity contribution in [3.63, 3.8) is 0 Å². The molecular formula is C13H17NO6. The third kappa shape index (κ3) is 2.97. The van der Waals surface area contributed by atoms with Crippen LogP contribution in [0.1, 0.15) is 10.4 Å². The van der Waals surface area contributed by atoms with Crippen LogP contribution in [0.25, 0.3) is 0 Å². The van der Waals surface area contributed by atoms with Crippen molar-refractivity contribution in [2.75, 3.05) is 6.61 Å². The van der Waals surface area contributed by atoms with Gasteiger partial charge >= 0.3 is 0 Å². The van der Waals surface area contributed by atoms with E-state index in [-0.39, 0.29) is 0 Å². The number of hydrogen-bond acceptors (Lipinski definition) is 6. The Balaban J connectivity index is 2.07. The minimum Gasteiger partial charge on any atom is -0.394 e. The van der Waals surface area contributed by atoms with Crippen LogP contribution >= 0.6 is 0 Å². The summed E-state index contributed by atoms with van der Waals surface area (Å²) in [6, 6.07) is 7.07. The smallest absolute Gasteiger partial charge is 0.251 e. The molecule has 0 aromatic heterocycles. The first-order valence-corrected chi connectivity index (χ1v) is 6.21. The third-order valence-corrected chi connectivity index (χ3v) is 3.23. The Morgan fingerprint density at radius 2 is 1.80 bits per heavy atom. The summed E-state index contributed by atoms with van der Waals surface area (Å²) in [5.74, 6) is -0.507. The lowest BCUT2D eigenvalue weighted by molar-refractivity contribution is -0.252. The fraction of sp³-hybridized carbons (Fsp3) is 0.462. The molecule has 20 heavy (non-hydrogen) atoms. The molecule has 0 unspecified atom stereocenters. The molecule has 1 amide bonds. The van der Waals surface area contributed by atoms with Crippen LogP contribution in [-0.2, 0) is 4.74 Å². The molecule has 1 aliphatic heterocycles. The number of benzene rings is 1. The number of rotatable bonds is 3. The summed E-state index contributed by atoms with van der Waals surface area (Å²) in [6.45, 7) is -0.547. The molecule has 5 atom stereocenters. The molecular weight excluding hydrogens is 266 g/mol. The molecule has 1 fully saturated rings. The molecule has 1 aromatic rings. The Morgan fingerprint density at radius 1 is 1.15 bits per heavy atom. The zero-order valence-corrected chi connectivity index (χ0v) is 10.6. The topological polar surface area (TPSA) is 119 Å². The highest BCUT2D eigenvalue weighted by Crippen LogP contribution is 2.20. The first-order chi connectivity index (χ1) is 9.54. The zero-order chi connectivity index (χ0) is 14.7. The molecule has 0 radical (unpaired) electrons. The Kier molecular flexibility index (Phi) is 4.69. The SMILES string of the molecule is O=C(N[C@@H]1[C@H](O)[C@H](O)[C@H](CO)O[C@@H]1O)c1ccccc1. The second-order valence-corrected chi connectivity index (χ2v) is 4.59. The van der Waals surface area contributed by atoms with Crippen LogP contribution in [0.15, 0.2) is 30.3 Å². The third-order valence-electron chi connectivity index (χ3n) is 3.23. The highest BCUT2D eigenvalue weighted by molar-refractivity contribution is 5.94. The highest BCUT2D eigenvalue weighted by atomic mass is 16.6. The van der Waals surface area contributed by atoms with Gasteiger partial charge in [0.05, 0.1) is 6.61 Å². The van der Waals surface area contributed by atoms with Gasteiger partial charge in [-0.3, -0.25) is 4.79 Å². The Hall–Kier alpha value is -1.51. The van der Waals surface area contributed by atoms with Crippen LogP contribution in [0.4, 0.5) is 0 Å². The van der Waals surface area contributed by atoms with Crippen LogP contribution < -0.4 is 5.32 Å². The lowest BCUT2D eigenvalue weighted by Gasteiger charge is -2.40. The molecule has 0 saturated carbocycles. The van der Waals surface area contributed by atoms with Crippen molar-refractivity contribution in [1.82, 2.24) is 5.32 Å². The molecule has 0 aliphatic carbocycles. The summed E-state index contributed by atoms with van der Waals surface area (Å²) in [7, 11) is 0. The van der Waals surface area contributed by atoms with E-state index >= 15 is 0 Å². The van der Waals surface area contributed by atoms with Crippen LogP contribution in [0.2, 0.25) is 0 Å². The fourth-order valence-corrected chi connectivity index (χ4v) is 2.08. The predicted octanol–water partition coefficient (Wildman–Crippen LogP) is -1.78. The molecule has 1 aromatic carbocycles. The van der Waals surface area contributed by atoms with E-state index in [0.717, 1.165) is 0 Å². The number of carbonyl (C=O) groups is 1. The monoisotopic (exact) mass is 283 g/mol. The summed E-state index contributed by atoms with van der Waals surface area (Å²) in [4.78, 5) is 11.9. The molecule has 7 heteroatoms. The number of aliphatic hydroxyl groups is 4. The van der Waals surface area contributed by atoms with Crippen molar-refractivity contribution >= 4 is 5.91 Å². The Morgan fingerprint density at radius 3 is 2.40 bits per heavy atom. The highest BCUT2D eigenvalue weighted by Gasteiger charge is 2.44. The molecule has 7 nitrogen and oxygen atoms in total. The predicted molar refractivity (Wildman–Crippen MR) is 67.7 cm³/mol. The molecule has 1 saturated heterocycles. The van der Waals surface area contributed by atoms with E-state index < -0.39 is 43.2 Å². The quantitative estimate of drug-likeness (QED) is 0.447. The van der Waals surface area contributed by atoms with Crippen molar-refractivity contribution in [1.29, 1.82) is 0 Å². The van der Waals surface area contributed by atoms with Gasteiger partial charge < -0.3 is 30.5 Å². The minimum absolute atomic E-state index is 0.352. The number of ether oxygens (including phenoxy) is 1. The normalized spacial score (nSPS) is 33.7. The van der Waals surface area contributed by atoms with Crippen LogP contribution in [0, 0.1) is 0 Å². The van der Waals surface area contributed by atoms with Crippen LogP contribution in [0.5, 0.6) is 0 Å². The minimum atomic E-state index is -1.52. The largest absolute Gasteiger partial charge is 0.394 e. The van der Waals surface area contributed by atoms with Crippen molar-refractivity contribution in [3.05, 3.63) is 35.9 Å². The molecule has 110 valence electrons. The van der Waals surface area contributed by atoms with E-state index in [9.17, 15) is 20.1 Å². The summed E-state index contributed by atoms with van der Waals surface area (Å²) >= 11 is 0. The number of aliphatic hydroxyl groups excluding tert-OH is 4. The fourth-order valence-electron chi connectivity index (χ4n) is 2.08. The van der Waals surface area contributed by atoms with E-state index in [0.29, 0.717) is 5.56 Å². The van der Waals surface area contributed by atoms with Crippen molar-refractivity contribution < 1.29 is 30.0 Å². The molecule has 2 rings (SSSR count). The first kappa shape index (κ1) is 14.9. The second-order valence-electron chi connectivity index (χ2n) is 4.59. The average molecular weight is 283 g/mol. The maximum absolute atomic E-state index is 11.9. The van der Waals surface area contributed by atoms with E-state index in [1.807, 2.05) is 0 Å². The molecule has 1 heterocycles. The summed E-state index contributed by atoms with van der Waals surface area (Å²) in [5.41, 5.74) is 0.352. The lowest BCUT2D eigenvalue weighted by atomic mass is 9.97. The van der Waals surface area contributed by atoms with Gasteiger partial charge in [-0.1, -0.05) is 18.2 Å². The van der Waals surface area contributed by atoms with Gasteiger partial charge in [0.1, 0.15) is 24.4 Å². The van der Waals surface area contributed by atoms with Gasteiger partial charge in [-0.15, -0.1) is 0 Å². The van der Waals surface area contributed by atoms with E-state index in [2.05, 4.69) is 5.32 Å². The first-order valence-electron chi connectivity index (χ1n) is 6.21. The number of hydrogen-bond donors (Lipinski definition) is 5. The number of nitrogens with one attached hydrogen (secondary N) is 1. The summed E-state index contributed by atoms with van der Waals surface area (Å²) in [5, 5.41) is 40.7. The van der Waals surface area contributed by atoms with Gasteiger partial charge in [-0.25, -0.2) is 0 Å². The molecule has 5 N–H and O–H groups in total. The maximum Gasteiger partial charge on any atom is 0.251 e.